The van der Waals surface area contributed by atoms with E-state index in [1.165, 1.54) is 0 Å². The molecule has 92 valence electrons. The molecule has 0 aliphatic heterocycles. The topological polar surface area (TPSA) is 26.3 Å². The van der Waals surface area contributed by atoms with Crippen LogP contribution in [0.4, 0.5) is 0 Å². The zero-order chi connectivity index (χ0) is 12.5. The number of rotatable bonds is 3. The van der Waals surface area contributed by atoms with Crippen molar-refractivity contribution in [1.82, 2.24) is 0 Å². The first kappa shape index (κ1) is 12.6. The molecule has 0 bridgehead atoms. The van der Waals surface area contributed by atoms with Gasteiger partial charge in [-0.3, -0.25) is 4.79 Å². The van der Waals surface area contributed by atoms with Gasteiger partial charge in [-0.25, -0.2) is 0 Å². The molecule has 1 aliphatic carbocycles. The molecule has 0 saturated heterocycles. The monoisotopic (exact) mass is 296 g/mol. The molecule has 0 N–H and O–H groups in total. The minimum atomic E-state index is -0.200. The summed E-state index contributed by atoms with van der Waals surface area (Å²) in [7, 11) is 1.61. The fourth-order valence-corrected chi connectivity index (χ4v) is 2.93. The lowest BCUT2D eigenvalue weighted by atomic mass is 9.80. The average molecular weight is 297 g/mol. The summed E-state index contributed by atoms with van der Waals surface area (Å²) in [4.78, 5) is 12.6. The maximum Gasteiger partial charge on any atom is 0.172 e. The molecule has 0 aromatic heterocycles. The summed E-state index contributed by atoms with van der Waals surface area (Å²) in [5, 5.41) is 0. The molecular weight excluding hydrogens is 280 g/mol. The van der Waals surface area contributed by atoms with Crippen LogP contribution in [0.15, 0.2) is 22.7 Å². The van der Waals surface area contributed by atoms with Crippen molar-refractivity contribution in [3.05, 3.63) is 28.2 Å². The van der Waals surface area contributed by atoms with Crippen LogP contribution in [0.1, 0.15) is 43.0 Å². The largest absolute Gasteiger partial charge is 0.496 e. The molecule has 1 fully saturated rings. The van der Waals surface area contributed by atoms with Gasteiger partial charge in [0.2, 0.25) is 0 Å². The maximum absolute atomic E-state index is 12.6. The summed E-state index contributed by atoms with van der Waals surface area (Å²) in [5.74, 6) is 0.888. The van der Waals surface area contributed by atoms with Crippen molar-refractivity contribution in [1.29, 1.82) is 0 Å². The molecule has 2 nitrogen and oxygen atoms in total. The average Bonchev–Trinajstić information content (AvgIpc) is 2.76. The van der Waals surface area contributed by atoms with Crippen molar-refractivity contribution in [2.75, 3.05) is 7.11 Å². The highest BCUT2D eigenvalue weighted by Gasteiger charge is 2.37. The third kappa shape index (κ3) is 2.39. The molecule has 0 heterocycles. The lowest BCUT2D eigenvalue weighted by Crippen LogP contribution is -2.24. The molecule has 0 amide bonds. The second kappa shape index (κ2) is 4.81. The van der Waals surface area contributed by atoms with Crippen molar-refractivity contribution >= 4 is 21.7 Å². The Balaban J connectivity index is 2.39. The molecule has 1 aromatic carbocycles. The standard InChI is InChI=1S/C14H17BrO2/c1-14(7-3-4-8-14)13(16)11-9-10(15)5-6-12(11)17-2/h5-6,9H,3-4,7-8H2,1-2H3. The van der Waals surface area contributed by atoms with E-state index in [0.29, 0.717) is 11.3 Å². The van der Waals surface area contributed by atoms with Crippen LogP contribution in [0.2, 0.25) is 0 Å². The van der Waals surface area contributed by atoms with Crippen LogP contribution < -0.4 is 4.74 Å². The minimum Gasteiger partial charge on any atom is -0.496 e. The van der Waals surface area contributed by atoms with Crippen LogP contribution in [0, 0.1) is 5.41 Å². The summed E-state index contributed by atoms with van der Waals surface area (Å²) < 4.78 is 6.20. The number of hydrogen-bond acceptors (Lipinski definition) is 2. The van der Waals surface area contributed by atoms with Gasteiger partial charge in [-0.1, -0.05) is 35.7 Å². The summed E-state index contributed by atoms with van der Waals surface area (Å²) in [6.07, 6.45) is 4.28. The molecule has 0 unspecified atom stereocenters. The number of hydrogen-bond donors (Lipinski definition) is 0. The van der Waals surface area contributed by atoms with E-state index >= 15 is 0 Å². The van der Waals surface area contributed by atoms with E-state index in [9.17, 15) is 4.79 Å². The van der Waals surface area contributed by atoms with Crippen LogP contribution in [-0.2, 0) is 0 Å². The Morgan fingerprint density at radius 1 is 1.35 bits per heavy atom. The summed E-state index contributed by atoms with van der Waals surface area (Å²) >= 11 is 3.41. The van der Waals surface area contributed by atoms with Crippen LogP contribution in [0.5, 0.6) is 5.75 Å². The van der Waals surface area contributed by atoms with Gasteiger partial charge in [-0.2, -0.15) is 0 Å². The predicted molar refractivity (Wildman–Crippen MR) is 71.6 cm³/mol. The number of ether oxygens (including phenoxy) is 1. The van der Waals surface area contributed by atoms with Gasteiger partial charge in [0, 0.05) is 9.89 Å². The second-order valence-electron chi connectivity index (χ2n) is 4.94. The van der Waals surface area contributed by atoms with Crippen LogP contribution in [0.25, 0.3) is 0 Å². The van der Waals surface area contributed by atoms with Gasteiger partial charge in [0.15, 0.2) is 5.78 Å². The SMILES string of the molecule is COc1ccc(Br)cc1C(=O)C1(C)CCCC1. The molecule has 0 atom stereocenters. The Morgan fingerprint density at radius 2 is 2.00 bits per heavy atom. The number of ketones is 1. The Kier molecular flexibility index (Phi) is 3.57. The van der Waals surface area contributed by atoms with Gasteiger partial charge in [0.1, 0.15) is 5.75 Å². The number of carbonyl (C=O) groups is 1. The zero-order valence-electron chi connectivity index (χ0n) is 10.3. The molecule has 1 aliphatic rings. The van der Waals surface area contributed by atoms with Crippen molar-refractivity contribution < 1.29 is 9.53 Å². The lowest BCUT2D eigenvalue weighted by molar-refractivity contribution is 0.0820. The van der Waals surface area contributed by atoms with Crippen LogP contribution >= 0.6 is 15.9 Å². The smallest absolute Gasteiger partial charge is 0.172 e. The van der Waals surface area contributed by atoms with Crippen LogP contribution in [0.3, 0.4) is 0 Å². The third-order valence-electron chi connectivity index (χ3n) is 3.66. The third-order valence-corrected chi connectivity index (χ3v) is 4.15. The van der Waals surface area contributed by atoms with Gasteiger partial charge >= 0.3 is 0 Å². The molecule has 1 aromatic rings. The van der Waals surface area contributed by atoms with Gasteiger partial charge in [-0.15, -0.1) is 0 Å². The Hall–Kier alpha value is -0.830. The van der Waals surface area contributed by atoms with Crippen molar-refractivity contribution in [3.63, 3.8) is 0 Å². The number of halogens is 1. The maximum atomic E-state index is 12.6. The molecule has 2 rings (SSSR count). The Labute approximate surface area is 110 Å². The van der Waals surface area contributed by atoms with Crippen molar-refractivity contribution in [2.45, 2.75) is 32.6 Å². The highest BCUT2D eigenvalue weighted by atomic mass is 79.9. The van der Waals surface area contributed by atoms with E-state index in [-0.39, 0.29) is 11.2 Å². The molecule has 3 heteroatoms. The van der Waals surface area contributed by atoms with Gasteiger partial charge in [0.25, 0.3) is 0 Å². The van der Waals surface area contributed by atoms with Gasteiger partial charge in [0.05, 0.1) is 12.7 Å². The minimum absolute atomic E-state index is 0.200. The quantitative estimate of drug-likeness (QED) is 0.781. The van der Waals surface area contributed by atoms with Crippen molar-refractivity contribution in [3.8, 4) is 5.75 Å². The first-order chi connectivity index (χ1) is 8.07. The summed E-state index contributed by atoms with van der Waals surface area (Å²) in [6.45, 7) is 2.07. The fraction of sp³-hybridized carbons (Fsp3) is 0.500. The molecule has 0 radical (unpaired) electrons. The first-order valence-corrected chi connectivity index (χ1v) is 6.74. The lowest BCUT2D eigenvalue weighted by Gasteiger charge is -2.22. The predicted octanol–water partition coefficient (Wildman–Crippen LogP) is 4.22. The molecule has 0 spiro atoms. The summed E-state index contributed by atoms with van der Waals surface area (Å²) in [6, 6.07) is 5.60. The number of Topliss-reactive ketones (excluding diaryl/α,β-unsaturated/α-hetero) is 1. The highest BCUT2D eigenvalue weighted by molar-refractivity contribution is 9.10. The normalized spacial score (nSPS) is 18.1. The van der Waals surface area contributed by atoms with E-state index in [1.54, 1.807) is 7.11 Å². The molecular formula is C14H17BrO2. The zero-order valence-corrected chi connectivity index (χ0v) is 11.8. The molecule has 17 heavy (non-hydrogen) atoms. The highest BCUT2D eigenvalue weighted by Crippen LogP contribution is 2.42. The van der Waals surface area contributed by atoms with Gasteiger partial charge in [-0.05, 0) is 31.0 Å². The van der Waals surface area contributed by atoms with E-state index in [4.69, 9.17) is 4.74 Å². The Bertz CT molecular complexity index is 434. The van der Waals surface area contributed by atoms with Crippen molar-refractivity contribution in [2.24, 2.45) is 5.41 Å². The fourth-order valence-electron chi connectivity index (χ4n) is 2.57. The summed E-state index contributed by atoms with van der Waals surface area (Å²) in [5.41, 5.74) is 0.500. The van der Waals surface area contributed by atoms with E-state index in [0.717, 1.165) is 30.2 Å². The number of carbonyl (C=O) groups excluding carboxylic acids is 1. The van der Waals surface area contributed by atoms with E-state index < -0.39 is 0 Å². The first-order valence-electron chi connectivity index (χ1n) is 5.95. The van der Waals surface area contributed by atoms with E-state index in [1.807, 2.05) is 18.2 Å². The molecule has 1 saturated carbocycles. The van der Waals surface area contributed by atoms with Gasteiger partial charge < -0.3 is 4.74 Å². The van der Waals surface area contributed by atoms with Crippen LogP contribution in [-0.4, -0.2) is 12.9 Å². The number of methoxy groups -OCH3 is 1. The Morgan fingerprint density at radius 3 is 2.59 bits per heavy atom. The second-order valence-corrected chi connectivity index (χ2v) is 5.86. The number of benzene rings is 1. The van der Waals surface area contributed by atoms with E-state index in [2.05, 4.69) is 22.9 Å².